The van der Waals surface area contributed by atoms with E-state index >= 15 is 0 Å². The zero-order valence-electron chi connectivity index (χ0n) is 34.8. The number of hydrogen-bond acceptors (Lipinski definition) is 11. The van der Waals surface area contributed by atoms with Gasteiger partial charge in [-0.05, 0) is 126 Å². The first-order valence-electron chi connectivity index (χ1n) is 22.0. The number of benzene rings is 2. The number of aryl methyl sites for hydroxylation is 1. The van der Waals surface area contributed by atoms with Crippen molar-refractivity contribution >= 4 is 56.4 Å². The highest BCUT2D eigenvalue weighted by Gasteiger charge is 2.61. The Bertz CT molecular complexity index is 2510. The highest BCUT2D eigenvalue weighted by atomic mass is 32.2. The molecule has 4 amide bonds. The fraction of sp³-hybridized carbons (Fsp3) is 0.545. The first-order chi connectivity index (χ1) is 29.4. The van der Waals surface area contributed by atoms with E-state index in [1.165, 1.54) is 10.5 Å². The number of anilines is 3. The summed E-state index contributed by atoms with van der Waals surface area (Å²) in [6, 6.07) is 13.2. The molecule has 10 rings (SSSR count). The van der Waals surface area contributed by atoms with Gasteiger partial charge in [0.15, 0.2) is 5.82 Å². The van der Waals surface area contributed by atoms with Gasteiger partial charge in [0.2, 0.25) is 27.8 Å². The third-order valence-corrected chi connectivity index (χ3v) is 16.2. The quantitative estimate of drug-likeness (QED) is 0.212. The summed E-state index contributed by atoms with van der Waals surface area (Å²) in [5.74, 6) is 1.84. The van der Waals surface area contributed by atoms with Crippen molar-refractivity contribution in [2.75, 3.05) is 47.8 Å². The number of aliphatic hydroxyl groups is 1. The Morgan fingerprint density at radius 3 is 2.46 bits per heavy atom. The minimum absolute atomic E-state index is 0.0184. The molecule has 0 unspecified atom stereocenters. The van der Waals surface area contributed by atoms with Gasteiger partial charge in [-0.25, -0.2) is 18.2 Å². The molecule has 4 aliphatic heterocycles. The predicted molar refractivity (Wildman–Crippen MR) is 229 cm³/mol. The minimum Gasteiger partial charge on any atom is -0.393 e. The van der Waals surface area contributed by atoms with Crippen molar-refractivity contribution < 1.29 is 27.9 Å². The SMILES string of the molecule is C[C@H](c1cccc(S(=O)(=O)N2CCC(Nc3ncc4c(n3)N([C@@H]3CCC[C@@H](O)C3)C(=O)C43CC3)CC2)c1)N1CCC(c2ccc3c(N4CCC(=O)NC4=O)nn(C)c3c2)CC1. The number of urea groups is 1. The molecule has 3 atom stereocenters. The van der Waals surface area contributed by atoms with Crippen molar-refractivity contribution in [2.45, 2.75) is 118 Å². The number of likely N-dealkylation sites (tertiary alicyclic amines) is 1. The molecule has 2 aromatic heterocycles. The Kier molecular flexibility index (Phi) is 10.2. The molecule has 0 radical (unpaired) electrons. The second-order valence-corrected chi connectivity index (χ2v) is 20.0. The van der Waals surface area contributed by atoms with Crippen LogP contribution in [0.1, 0.15) is 106 Å². The van der Waals surface area contributed by atoms with Gasteiger partial charge in [-0.3, -0.25) is 34.3 Å². The number of nitrogens with one attached hydrogen (secondary N) is 2. The Labute approximate surface area is 355 Å². The minimum atomic E-state index is -3.72. The highest BCUT2D eigenvalue weighted by molar-refractivity contribution is 7.89. The van der Waals surface area contributed by atoms with Crippen molar-refractivity contribution in [3.05, 3.63) is 65.4 Å². The molecule has 17 heteroatoms. The molecular weight excluding hydrogens is 797 g/mol. The molecule has 61 heavy (non-hydrogen) atoms. The van der Waals surface area contributed by atoms with E-state index in [2.05, 4.69) is 44.7 Å². The number of imide groups is 1. The van der Waals surface area contributed by atoms with Crippen LogP contribution in [0.15, 0.2) is 53.6 Å². The molecule has 2 aliphatic carbocycles. The number of amides is 4. The van der Waals surface area contributed by atoms with Crippen LogP contribution >= 0.6 is 0 Å². The Morgan fingerprint density at radius 2 is 1.72 bits per heavy atom. The average Bonchev–Trinajstić information content (AvgIpc) is 3.96. The van der Waals surface area contributed by atoms with Gasteiger partial charge >= 0.3 is 6.03 Å². The monoisotopic (exact) mass is 850 g/mol. The van der Waals surface area contributed by atoms with E-state index in [9.17, 15) is 27.9 Å². The van der Waals surface area contributed by atoms with Crippen LogP contribution in [-0.4, -0.2) is 111 Å². The maximum absolute atomic E-state index is 14.0. The maximum atomic E-state index is 14.0. The van der Waals surface area contributed by atoms with E-state index in [0.717, 1.165) is 80.1 Å². The molecule has 5 fully saturated rings. The summed E-state index contributed by atoms with van der Waals surface area (Å²) >= 11 is 0. The molecular formula is C44H54N10O6S. The third-order valence-electron chi connectivity index (χ3n) is 14.4. The van der Waals surface area contributed by atoms with E-state index in [4.69, 9.17) is 4.98 Å². The van der Waals surface area contributed by atoms with E-state index in [1.54, 1.807) is 21.3 Å². The summed E-state index contributed by atoms with van der Waals surface area (Å²) in [5.41, 5.74) is 3.53. The van der Waals surface area contributed by atoms with E-state index < -0.39 is 27.6 Å². The lowest BCUT2D eigenvalue weighted by atomic mass is 9.88. The number of piperidine rings is 2. The van der Waals surface area contributed by atoms with Crippen LogP contribution in [0.5, 0.6) is 0 Å². The van der Waals surface area contributed by atoms with Gasteiger partial charge in [-0.1, -0.05) is 18.2 Å². The van der Waals surface area contributed by atoms with Gasteiger partial charge in [0.25, 0.3) is 0 Å². The topological polar surface area (TPSA) is 186 Å². The summed E-state index contributed by atoms with van der Waals surface area (Å²) in [7, 11) is -1.85. The average molecular weight is 851 g/mol. The summed E-state index contributed by atoms with van der Waals surface area (Å²) in [5, 5.41) is 21.7. The lowest BCUT2D eigenvalue weighted by Gasteiger charge is -2.36. The van der Waals surface area contributed by atoms with Crippen LogP contribution in [0.2, 0.25) is 0 Å². The second-order valence-electron chi connectivity index (χ2n) is 18.0. The highest BCUT2D eigenvalue weighted by Crippen LogP contribution is 2.57. The second kappa shape index (κ2) is 15.4. The molecule has 322 valence electrons. The zero-order chi connectivity index (χ0) is 42.2. The lowest BCUT2D eigenvalue weighted by Crippen LogP contribution is -2.49. The standard InChI is InChI=1S/C44H54N10O6S/c1-27(51-18-11-28(12-19-51)30-9-10-35-37(24-30)50(2)49-39(35)53-22-15-38(56)47-43(53)58)29-5-3-8-34(23-29)61(59,60)52-20-13-31(14-21-52)46-42-45-26-36-40(48-42)54(41(57)44(36)16-17-44)32-6-4-7-33(55)25-32/h3,5,8-10,23-24,26-28,31-33,55H,4,6-7,11-22,25H2,1-2H3,(H,45,46,48)(H,47,56,58)/t27-,32-,33-/m1/s1. The number of aromatic nitrogens is 4. The Balaban J connectivity index is 0.755. The molecule has 6 aliphatic rings. The van der Waals surface area contributed by atoms with E-state index in [1.807, 2.05) is 36.2 Å². The van der Waals surface area contributed by atoms with Gasteiger partial charge in [0.05, 0.1) is 21.9 Å². The number of carbonyl (C=O) groups is 3. The molecule has 0 bridgehead atoms. The molecule has 2 aromatic carbocycles. The van der Waals surface area contributed by atoms with Gasteiger partial charge in [0, 0.05) is 68.4 Å². The summed E-state index contributed by atoms with van der Waals surface area (Å²) in [6.07, 6.45) is 9.39. The number of nitrogens with zero attached hydrogens (tertiary/aromatic N) is 8. The molecule has 3 saturated heterocycles. The fourth-order valence-corrected chi connectivity index (χ4v) is 12.1. The van der Waals surface area contributed by atoms with Gasteiger partial charge < -0.3 is 10.4 Å². The Morgan fingerprint density at radius 1 is 0.934 bits per heavy atom. The summed E-state index contributed by atoms with van der Waals surface area (Å²) < 4.78 is 31.5. The number of fused-ring (bicyclic) bond motifs is 3. The molecule has 6 heterocycles. The van der Waals surface area contributed by atoms with E-state index in [-0.39, 0.29) is 36.4 Å². The number of carbonyl (C=O) groups excluding carboxylic acids is 3. The third kappa shape index (κ3) is 7.16. The predicted octanol–water partition coefficient (Wildman–Crippen LogP) is 4.70. The van der Waals surface area contributed by atoms with Crippen LogP contribution in [-0.2, 0) is 32.1 Å². The fourth-order valence-electron chi connectivity index (χ4n) is 10.5. The number of sulfonamides is 1. The van der Waals surface area contributed by atoms with Crippen LogP contribution in [0.3, 0.4) is 0 Å². The molecule has 3 N–H and O–H groups in total. The molecule has 1 spiro atoms. The Hall–Kier alpha value is -4.97. The van der Waals surface area contributed by atoms with Crippen molar-refractivity contribution in [3.63, 3.8) is 0 Å². The smallest absolute Gasteiger partial charge is 0.329 e. The summed E-state index contributed by atoms with van der Waals surface area (Å²) in [4.78, 5) is 53.5. The molecule has 16 nitrogen and oxygen atoms in total. The number of hydrogen-bond donors (Lipinski definition) is 3. The number of rotatable bonds is 9. The van der Waals surface area contributed by atoms with Crippen molar-refractivity contribution in [1.82, 2.24) is 34.3 Å². The summed E-state index contributed by atoms with van der Waals surface area (Å²) in [6.45, 7) is 4.92. The maximum Gasteiger partial charge on any atom is 0.329 e. The van der Waals surface area contributed by atoms with Crippen LogP contribution in [0.4, 0.5) is 22.4 Å². The first kappa shape index (κ1) is 40.1. The van der Waals surface area contributed by atoms with Gasteiger partial charge in [0.1, 0.15) is 5.82 Å². The molecule has 2 saturated carbocycles. The van der Waals surface area contributed by atoms with Crippen LogP contribution < -0.4 is 20.4 Å². The lowest BCUT2D eigenvalue weighted by molar-refractivity contribution is -0.121. The van der Waals surface area contributed by atoms with Crippen molar-refractivity contribution in [3.8, 4) is 0 Å². The van der Waals surface area contributed by atoms with Crippen molar-refractivity contribution in [1.29, 1.82) is 0 Å². The first-order valence-corrected chi connectivity index (χ1v) is 23.4. The normalized spacial score (nSPS) is 24.7. The van der Waals surface area contributed by atoms with Crippen LogP contribution in [0, 0.1) is 0 Å². The number of aliphatic hydroxyl groups excluding tert-OH is 1. The van der Waals surface area contributed by atoms with Crippen LogP contribution in [0.25, 0.3) is 10.9 Å². The van der Waals surface area contributed by atoms with Crippen molar-refractivity contribution in [2.24, 2.45) is 7.05 Å². The van der Waals surface area contributed by atoms with Gasteiger partial charge in [-0.15, -0.1) is 0 Å². The van der Waals surface area contributed by atoms with E-state index in [0.29, 0.717) is 67.3 Å². The molecule has 4 aromatic rings. The largest absolute Gasteiger partial charge is 0.393 e. The zero-order valence-corrected chi connectivity index (χ0v) is 35.6. The van der Waals surface area contributed by atoms with Gasteiger partial charge in [-0.2, -0.15) is 14.4 Å².